The summed E-state index contributed by atoms with van der Waals surface area (Å²) in [5, 5.41) is 1.46. The monoisotopic (exact) mass is 194 g/mol. The maximum Gasteiger partial charge on any atom is 0.191 e. The number of hydrogen-bond acceptors (Lipinski definition) is 1. The SMILES string of the molecule is CCC(C)c1ccccc1[SiH2]OC. The molecule has 0 aromatic heterocycles. The van der Waals surface area contributed by atoms with E-state index in [1.807, 2.05) is 0 Å². The van der Waals surface area contributed by atoms with E-state index < -0.39 is 9.76 Å². The molecule has 1 atom stereocenters. The highest BCUT2D eigenvalue weighted by atomic mass is 28.2. The second-order valence-corrected chi connectivity index (χ2v) is 5.07. The van der Waals surface area contributed by atoms with Crippen LogP contribution in [-0.2, 0) is 4.43 Å². The Morgan fingerprint density at radius 3 is 2.69 bits per heavy atom. The van der Waals surface area contributed by atoms with E-state index in [1.54, 1.807) is 7.11 Å². The molecule has 0 radical (unpaired) electrons. The maximum atomic E-state index is 5.30. The van der Waals surface area contributed by atoms with Gasteiger partial charge in [0.15, 0.2) is 9.76 Å². The quantitative estimate of drug-likeness (QED) is 0.661. The first-order valence-electron chi connectivity index (χ1n) is 4.86. The van der Waals surface area contributed by atoms with Crippen molar-refractivity contribution in [1.29, 1.82) is 0 Å². The van der Waals surface area contributed by atoms with Gasteiger partial charge in [-0.25, -0.2) is 0 Å². The Hall–Kier alpha value is -0.603. The lowest BCUT2D eigenvalue weighted by molar-refractivity contribution is 0.450. The van der Waals surface area contributed by atoms with E-state index in [0.29, 0.717) is 5.92 Å². The molecule has 72 valence electrons. The van der Waals surface area contributed by atoms with Crippen molar-refractivity contribution in [3.05, 3.63) is 29.8 Å². The van der Waals surface area contributed by atoms with Gasteiger partial charge in [-0.15, -0.1) is 0 Å². The van der Waals surface area contributed by atoms with Crippen LogP contribution in [0.25, 0.3) is 0 Å². The van der Waals surface area contributed by atoms with Crippen molar-refractivity contribution in [2.75, 3.05) is 7.11 Å². The Kier molecular flexibility index (Phi) is 4.19. The largest absolute Gasteiger partial charge is 0.422 e. The summed E-state index contributed by atoms with van der Waals surface area (Å²) in [6.07, 6.45) is 1.20. The zero-order valence-electron chi connectivity index (χ0n) is 8.71. The van der Waals surface area contributed by atoms with Gasteiger partial charge in [-0.05, 0) is 23.1 Å². The molecule has 1 unspecified atom stereocenters. The summed E-state index contributed by atoms with van der Waals surface area (Å²) in [5.41, 5.74) is 1.48. The molecular formula is C11H18OSi. The Labute approximate surface area is 83.1 Å². The fourth-order valence-electron chi connectivity index (χ4n) is 1.52. The highest BCUT2D eigenvalue weighted by molar-refractivity contribution is 6.47. The smallest absolute Gasteiger partial charge is 0.191 e. The van der Waals surface area contributed by atoms with Gasteiger partial charge in [0.05, 0.1) is 0 Å². The lowest BCUT2D eigenvalue weighted by atomic mass is 9.99. The second-order valence-electron chi connectivity index (χ2n) is 3.44. The van der Waals surface area contributed by atoms with Crippen molar-refractivity contribution >= 4 is 14.9 Å². The van der Waals surface area contributed by atoms with Crippen LogP contribution in [0.3, 0.4) is 0 Å². The third kappa shape index (κ3) is 2.67. The molecule has 0 amide bonds. The van der Waals surface area contributed by atoms with Gasteiger partial charge >= 0.3 is 0 Å². The molecule has 1 nitrogen and oxygen atoms in total. The highest BCUT2D eigenvalue weighted by Crippen LogP contribution is 2.15. The standard InChI is InChI=1S/C11H18OSi/c1-4-9(2)10-7-5-6-8-11(10)13-12-3/h5-9H,4,13H2,1-3H3. The summed E-state index contributed by atoms with van der Waals surface area (Å²) in [7, 11) is 1.32. The van der Waals surface area contributed by atoms with Crippen LogP contribution in [-0.4, -0.2) is 16.9 Å². The number of benzene rings is 1. The minimum absolute atomic E-state index is 0.482. The first-order valence-corrected chi connectivity index (χ1v) is 6.14. The summed E-state index contributed by atoms with van der Waals surface area (Å²) in [5.74, 6) is 0.666. The molecule has 0 bridgehead atoms. The van der Waals surface area contributed by atoms with Gasteiger partial charge in [0, 0.05) is 7.11 Å². The van der Waals surface area contributed by atoms with Gasteiger partial charge in [-0.1, -0.05) is 38.1 Å². The predicted molar refractivity (Wildman–Crippen MR) is 60.3 cm³/mol. The summed E-state index contributed by atoms with van der Waals surface area (Å²) >= 11 is 0. The van der Waals surface area contributed by atoms with Crippen LogP contribution in [0.4, 0.5) is 0 Å². The number of rotatable bonds is 4. The molecule has 0 N–H and O–H groups in total. The van der Waals surface area contributed by atoms with Crippen molar-refractivity contribution in [1.82, 2.24) is 0 Å². The van der Waals surface area contributed by atoms with Crippen LogP contribution in [0.2, 0.25) is 0 Å². The molecule has 1 aromatic carbocycles. The second kappa shape index (κ2) is 5.20. The van der Waals surface area contributed by atoms with Gasteiger partial charge in [0.2, 0.25) is 0 Å². The average Bonchev–Trinajstić information content (AvgIpc) is 2.18. The van der Waals surface area contributed by atoms with Crippen LogP contribution < -0.4 is 5.19 Å². The van der Waals surface area contributed by atoms with Gasteiger partial charge < -0.3 is 4.43 Å². The van der Waals surface area contributed by atoms with Crippen LogP contribution in [0, 0.1) is 0 Å². The fourth-order valence-corrected chi connectivity index (χ4v) is 2.70. The normalized spacial score (nSPS) is 13.8. The van der Waals surface area contributed by atoms with Crippen LogP contribution in [0.1, 0.15) is 31.7 Å². The van der Waals surface area contributed by atoms with E-state index in [4.69, 9.17) is 4.43 Å². The van der Waals surface area contributed by atoms with Crippen LogP contribution >= 0.6 is 0 Å². The van der Waals surface area contributed by atoms with Gasteiger partial charge in [-0.3, -0.25) is 0 Å². The Bertz CT molecular complexity index is 260. The first-order chi connectivity index (χ1) is 6.29. The van der Waals surface area contributed by atoms with E-state index in [0.717, 1.165) is 0 Å². The third-order valence-corrected chi connectivity index (χ3v) is 3.74. The maximum absolute atomic E-state index is 5.30. The molecule has 1 rings (SSSR count). The molecular weight excluding hydrogens is 176 g/mol. The van der Waals surface area contributed by atoms with Crippen LogP contribution in [0.5, 0.6) is 0 Å². The molecule has 0 aliphatic heterocycles. The molecule has 0 spiro atoms. The Morgan fingerprint density at radius 1 is 1.38 bits per heavy atom. The Balaban J connectivity index is 2.90. The summed E-state index contributed by atoms with van der Waals surface area (Å²) in [6.45, 7) is 4.51. The summed E-state index contributed by atoms with van der Waals surface area (Å²) in [4.78, 5) is 0. The molecule has 0 heterocycles. The molecule has 0 saturated carbocycles. The topological polar surface area (TPSA) is 9.23 Å². The van der Waals surface area contributed by atoms with Gasteiger partial charge in [0.25, 0.3) is 0 Å². The average molecular weight is 194 g/mol. The molecule has 0 aliphatic carbocycles. The minimum atomic E-state index is -0.482. The van der Waals surface area contributed by atoms with Crippen molar-refractivity contribution in [3.63, 3.8) is 0 Å². The van der Waals surface area contributed by atoms with Gasteiger partial charge in [-0.2, -0.15) is 0 Å². The lowest BCUT2D eigenvalue weighted by Crippen LogP contribution is -2.21. The van der Waals surface area contributed by atoms with E-state index in [1.165, 1.54) is 17.2 Å². The van der Waals surface area contributed by atoms with E-state index in [2.05, 4.69) is 38.1 Å². The van der Waals surface area contributed by atoms with Crippen LogP contribution in [0.15, 0.2) is 24.3 Å². The van der Waals surface area contributed by atoms with Crippen molar-refractivity contribution < 1.29 is 4.43 Å². The molecule has 0 aliphatic rings. The van der Waals surface area contributed by atoms with Gasteiger partial charge in [0.1, 0.15) is 0 Å². The molecule has 0 fully saturated rings. The summed E-state index contributed by atoms with van der Waals surface area (Å²) < 4.78 is 5.30. The molecule has 0 saturated heterocycles. The zero-order valence-corrected chi connectivity index (χ0v) is 10.1. The highest BCUT2D eigenvalue weighted by Gasteiger charge is 2.07. The lowest BCUT2D eigenvalue weighted by Gasteiger charge is -2.13. The molecule has 1 aromatic rings. The fraction of sp³-hybridized carbons (Fsp3) is 0.455. The predicted octanol–water partition coefficient (Wildman–Crippen LogP) is 1.56. The zero-order chi connectivity index (χ0) is 9.68. The van der Waals surface area contributed by atoms with Crippen molar-refractivity contribution in [2.24, 2.45) is 0 Å². The van der Waals surface area contributed by atoms with Crippen molar-refractivity contribution in [2.45, 2.75) is 26.2 Å². The number of hydrogen-bond donors (Lipinski definition) is 0. The first kappa shape index (κ1) is 10.5. The molecule has 2 heteroatoms. The van der Waals surface area contributed by atoms with E-state index >= 15 is 0 Å². The van der Waals surface area contributed by atoms with Crippen molar-refractivity contribution in [3.8, 4) is 0 Å². The minimum Gasteiger partial charge on any atom is -0.422 e. The van der Waals surface area contributed by atoms with E-state index in [-0.39, 0.29) is 0 Å². The Morgan fingerprint density at radius 2 is 2.08 bits per heavy atom. The third-order valence-electron chi connectivity index (χ3n) is 2.50. The summed E-state index contributed by atoms with van der Waals surface area (Å²) in [6, 6.07) is 8.66. The van der Waals surface area contributed by atoms with E-state index in [9.17, 15) is 0 Å². The molecule has 13 heavy (non-hydrogen) atoms.